The van der Waals surface area contributed by atoms with Gasteiger partial charge in [-0.05, 0) is 13.3 Å². The van der Waals surface area contributed by atoms with Crippen LogP contribution in [-0.2, 0) is 14.3 Å². The maximum Gasteiger partial charge on any atom is 0.239 e. The summed E-state index contributed by atoms with van der Waals surface area (Å²) in [6.07, 6.45) is 0.879. The van der Waals surface area contributed by atoms with E-state index in [0.29, 0.717) is 13.2 Å². The topological polar surface area (TPSA) is 58.6 Å². The highest BCUT2D eigenvalue weighted by molar-refractivity contribution is 5.83. The van der Waals surface area contributed by atoms with Gasteiger partial charge in [0.2, 0.25) is 11.8 Å². The second-order valence-corrected chi connectivity index (χ2v) is 3.81. The molecule has 0 saturated carbocycles. The van der Waals surface area contributed by atoms with Crippen molar-refractivity contribution in [2.75, 3.05) is 26.8 Å². The fourth-order valence-corrected chi connectivity index (χ4v) is 1.15. The largest absolute Gasteiger partial charge is 0.383 e. The van der Waals surface area contributed by atoms with Crippen molar-refractivity contribution in [3.8, 4) is 0 Å². The number of rotatable bonds is 7. The Morgan fingerprint density at radius 1 is 1.44 bits per heavy atom. The fraction of sp³-hybridized carbons (Fsp3) is 0.818. The Balaban J connectivity index is 4.07. The number of ether oxygens (including phenoxy) is 1. The van der Waals surface area contributed by atoms with Crippen molar-refractivity contribution >= 4 is 11.8 Å². The minimum Gasteiger partial charge on any atom is -0.383 e. The summed E-state index contributed by atoms with van der Waals surface area (Å²) in [5, 5.41) is 2.82. The number of carbonyl (C=O) groups is 2. The Hall–Kier alpha value is -1.10. The number of amides is 2. The molecule has 0 aliphatic rings. The molecule has 0 bridgehead atoms. The predicted octanol–water partition coefficient (Wildman–Crippen LogP) is 0.396. The second kappa shape index (κ2) is 8.10. The van der Waals surface area contributed by atoms with E-state index in [1.165, 1.54) is 11.8 Å². The van der Waals surface area contributed by atoms with Crippen molar-refractivity contribution < 1.29 is 14.3 Å². The van der Waals surface area contributed by atoms with Crippen LogP contribution in [0.4, 0.5) is 0 Å². The smallest absolute Gasteiger partial charge is 0.239 e. The molecule has 0 aromatic rings. The van der Waals surface area contributed by atoms with Crippen LogP contribution >= 0.6 is 0 Å². The highest BCUT2D eigenvalue weighted by Gasteiger charge is 2.14. The van der Waals surface area contributed by atoms with E-state index in [4.69, 9.17) is 4.74 Å². The average molecular weight is 230 g/mol. The Bertz CT molecular complexity index is 231. The summed E-state index contributed by atoms with van der Waals surface area (Å²) in [6.45, 7) is 6.37. The maximum atomic E-state index is 11.5. The highest BCUT2D eigenvalue weighted by Crippen LogP contribution is 1.92. The van der Waals surface area contributed by atoms with Crippen LogP contribution in [0.3, 0.4) is 0 Å². The molecule has 0 aliphatic heterocycles. The zero-order valence-electron chi connectivity index (χ0n) is 10.6. The number of methoxy groups -OCH3 is 1. The quantitative estimate of drug-likeness (QED) is 0.688. The van der Waals surface area contributed by atoms with Crippen LogP contribution in [-0.4, -0.2) is 49.6 Å². The molecular weight excluding hydrogens is 208 g/mol. The minimum absolute atomic E-state index is 0.100. The lowest BCUT2D eigenvalue weighted by atomic mass is 10.2. The van der Waals surface area contributed by atoms with Gasteiger partial charge in [0.15, 0.2) is 0 Å². The van der Waals surface area contributed by atoms with E-state index in [1.54, 1.807) is 7.11 Å². The zero-order chi connectivity index (χ0) is 12.6. The van der Waals surface area contributed by atoms with Crippen LogP contribution in [0, 0.1) is 0 Å². The summed E-state index contributed by atoms with van der Waals surface area (Å²) >= 11 is 0. The number of hydrogen-bond acceptors (Lipinski definition) is 3. The molecule has 0 rings (SSSR count). The number of nitrogens with zero attached hydrogens (tertiary/aromatic N) is 1. The van der Waals surface area contributed by atoms with Crippen molar-refractivity contribution in [1.29, 1.82) is 0 Å². The number of carbonyl (C=O) groups excluding carboxylic acids is 2. The van der Waals surface area contributed by atoms with Crippen LogP contribution in [0.15, 0.2) is 0 Å². The minimum atomic E-state index is -0.124. The molecule has 1 unspecified atom stereocenters. The van der Waals surface area contributed by atoms with Gasteiger partial charge in [0.05, 0.1) is 13.2 Å². The van der Waals surface area contributed by atoms with Gasteiger partial charge in [-0.25, -0.2) is 0 Å². The fourth-order valence-electron chi connectivity index (χ4n) is 1.15. The van der Waals surface area contributed by atoms with E-state index in [9.17, 15) is 9.59 Å². The van der Waals surface area contributed by atoms with Crippen molar-refractivity contribution in [3.63, 3.8) is 0 Å². The van der Waals surface area contributed by atoms with Crippen molar-refractivity contribution in [3.05, 3.63) is 0 Å². The normalized spacial score (nSPS) is 12.0. The average Bonchev–Trinajstić information content (AvgIpc) is 2.23. The van der Waals surface area contributed by atoms with E-state index in [-0.39, 0.29) is 24.4 Å². The number of nitrogens with one attached hydrogen (secondary N) is 1. The first-order valence-corrected chi connectivity index (χ1v) is 5.55. The Morgan fingerprint density at radius 3 is 2.50 bits per heavy atom. The summed E-state index contributed by atoms with van der Waals surface area (Å²) in [5.74, 6) is -0.239. The first-order valence-electron chi connectivity index (χ1n) is 5.55. The Labute approximate surface area is 97.1 Å². The zero-order valence-corrected chi connectivity index (χ0v) is 10.6. The van der Waals surface area contributed by atoms with Crippen molar-refractivity contribution in [2.45, 2.75) is 33.2 Å². The molecule has 2 amide bonds. The van der Waals surface area contributed by atoms with Crippen LogP contribution in [0.5, 0.6) is 0 Å². The van der Waals surface area contributed by atoms with Crippen LogP contribution in [0.25, 0.3) is 0 Å². The SMILES string of the molecule is CCC(C)NC(=O)CN(CCOC)C(C)=O. The molecule has 0 aliphatic carbocycles. The molecule has 0 radical (unpaired) electrons. The van der Waals surface area contributed by atoms with Crippen LogP contribution < -0.4 is 5.32 Å². The highest BCUT2D eigenvalue weighted by atomic mass is 16.5. The lowest BCUT2D eigenvalue weighted by Gasteiger charge is -2.21. The van der Waals surface area contributed by atoms with Crippen molar-refractivity contribution in [1.82, 2.24) is 10.2 Å². The summed E-state index contributed by atoms with van der Waals surface area (Å²) in [7, 11) is 1.57. The van der Waals surface area contributed by atoms with E-state index >= 15 is 0 Å². The summed E-state index contributed by atoms with van der Waals surface area (Å²) in [4.78, 5) is 24.2. The van der Waals surface area contributed by atoms with Gasteiger partial charge < -0.3 is 15.0 Å². The second-order valence-electron chi connectivity index (χ2n) is 3.81. The van der Waals surface area contributed by atoms with Crippen LogP contribution in [0.2, 0.25) is 0 Å². The molecule has 94 valence electrons. The first-order chi connectivity index (χ1) is 7.51. The molecule has 0 heterocycles. The Kier molecular flexibility index (Phi) is 7.54. The molecule has 0 saturated heterocycles. The van der Waals surface area contributed by atoms with Crippen LogP contribution in [0.1, 0.15) is 27.2 Å². The third kappa shape index (κ3) is 6.40. The molecule has 5 heteroatoms. The van der Waals surface area contributed by atoms with Gasteiger partial charge in [0, 0.05) is 26.6 Å². The molecule has 1 atom stereocenters. The van der Waals surface area contributed by atoms with Gasteiger partial charge in [0.1, 0.15) is 0 Å². The summed E-state index contributed by atoms with van der Waals surface area (Å²) in [5.41, 5.74) is 0. The van der Waals surface area contributed by atoms with Crippen molar-refractivity contribution in [2.24, 2.45) is 0 Å². The third-order valence-electron chi connectivity index (χ3n) is 2.36. The monoisotopic (exact) mass is 230 g/mol. The molecule has 5 nitrogen and oxygen atoms in total. The molecule has 1 N–H and O–H groups in total. The van der Waals surface area contributed by atoms with E-state index in [2.05, 4.69) is 5.32 Å². The summed E-state index contributed by atoms with van der Waals surface area (Å²) in [6, 6.07) is 0.142. The molecule has 16 heavy (non-hydrogen) atoms. The standard InChI is InChI=1S/C11H22N2O3/c1-5-9(2)12-11(15)8-13(10(3)14)6-7-16-4/h9H,5-8H2,1-4H3,(H,12,15). The third-order valence-corrected chi connectivity index (χ3v) is 2.36. The Morgan fingerprint density at radius 2 is 2.06 bits per heavy atom. The van der Waals surface area contributed by atoms with Gasteiger partial charge in [-0.3, -0.25) is 9.59 Å². The predicted molar refractivity (Wildman–Crippen MR) is 62.0 cm³/mol. The maximum absolute atomic E-state index is 11.5. The molecule has 0 spiro atoms. The molecular formula is C11H22N2O3. The lowest BCUT2D eigenvalue weighted by molar-refractivity contribution is -0.135. The molecule has 0 fully saturated rings. The first kappa shape index (κ1) is 14.9. The van der Waals surface area contributed by atoms with E-state index < -0.39 is 0 Å². The van der Waals surface area contributed by atoms with Gasteiger partial charge in [-0.15, -0.1) is 0 Å². The molecule has 0 aromatic carbocycles. The molecule has 0 aromatic heterocycles. The number of hydrogen-bond donors (Lipinski definition) is 1. The van der Waals surface area contributed by atoms with Gasteiger partial charge in [-0.1, -0.05) is 6.92 Å². The van der Waals surface area contributed by atoms with E-state index in [0.717, 1.165) is 6.42 Å². The van der Waals surface area contributed by atoms with Gasteiger partial charge in [0.25, 0.3) is 0 Å². The lowest BCUT2D eigenvalue weighted by Crippen LogP contribution is -2.43. The van der Waals surface area contributed by atoms with Gasteiger partial charge in [-0.2, -0.15) is 0 Å². The summed E-state index contributed by atoms with van der Waals surface area (Å²) < 4.78 is 4.88. The van der Waals surface area contributed by atoms with Gasteiger partial charge >= 0.3 is 0 Å². The van der Waals surface area contributed by atoms with E-state index in [1.807, 2.05) is 13.8 Å².